The van der Waals surface area contributed by atoms with Crippen LogP contribution < -0.4 is 10.6 Å². The molecule has 2 aromatic carbocycles. The summed E-state index contributed by atoms with van der Waals surface area (Å²) < 4.78 is 7.01. The minimum Gasteiger partial charge on any atom is -0.422 e. The van der Waals surface area contributed by atoms with Crippen molar-refractivity contribution in [3.05, 3.63) is 80.0 Å². The molecule has 0 radical (unpaired) electrons. The van der Waals surface area contributed by atoms with Gasteiger partial charge >= 0.3 is 5.97 Å². The maximum atomic E-state index is 12.8. The second kappa shape index (κ2) is 8.49. The molecule has 0 bridgehead atoms. The van der Waals surface area contributed by atoms with Gasteiger partial charge in [-0.05, 0) is 55.5 Å². The number of nitrogens with one attached hydrogen (secondary N) is 1. The number of esters is 1. The lowest BCUT2D eigenvalue weighted by Crippen LogP contribution is -2.20. The number of ketones is 1. The monoisotopic (exact) mass is 504 g/mol. The van der Waals surface area contributed by atoms with E-state index in [9.17, 15) is 9.59 Å². The lowest BCUT2D eigenvalue weighted by atomic mass is 10.0. The van der Waals surface area contributed by atoms with E-state index in [0.29, 0.717) is 10.0 Å². The van der Waals surface area contributed by atoms with E-state index in [1.807, 2.05) is 0 Å². The predicted octanol–water partition coefficient (Wildman–Crippen LogP) is 4.01. The molecule has 0 aliphatic heterocycles. The number of benzene rings is 2. The average Bonchev–Trinajstić information content (AvgIpc) is 3.11. The van der Waals surface area contributed by atoms with Crippen molar-refractivity contribution < 1.29 is 14.3 Å². The Kier molecular flexibility index (Phi) is 6.05. The summed E-state index contributed by atoms with van der Waals surface area (Å²) in [6.07, 6.45) is 0. The number of hydrazone groups is 1. The van der Waals surface area contributed by atoms with Crippen LogP contribution in [0.3, 0.4) is 0 Å². The van der Waals surface area contributed by atoms with E-state index in [-0.39, 0.29) is 22.7 Å². The Morgan fingerprint density at radius 3 is 2.36 bits per heavy atom. The first-order valence-electron chi connectivity index (χ1n) is 8.01. The lowest BCUT2D eigenvalue weighted by molar-refractivity contribution is 0.0733. The lowest BCUT2D eigenvalue weighted by Gasteiger charge is -2.11. The fourth-order valence-electron chi connectivity index (χ4n) is 2.43. The maximum absolute atomic E-state index is 12.8. The molecule has 7 nitrogen and oxygen atoms in total. The van der Waals surface area contributed by atoms with Crippen molar-refractivity contribution in [3.8, 4) is 5.75 Å². The van der Waals surface area contributed by atoms with Crippen LogP contribution in [0, 0.1) is 6.92 Å². The van der Waals surface area contributed by atoms with Gasteiger partial charge < -0.3 is 10.6 Å². The van der Waals surface area contributed by atoms with Gasteiger partial charge in [0.1, 0.15) is 17.2 Å². The molecular weight excluding hydrogens is 492 g/mol. The number of H-pyrrole nitrogens is 1. The zero-order valence-corrected chi connectivity index (χ0v) is 17.7. The Morgan fingerprint density at radius 1 is 1.07 bits per heavy atom. The summed E-state index contributed by atoms with van der Waals surface area (Å²) in [6, 6.07) is 13.1. The first-order chi connectivity index (χ1) is 13.4. The highest BCUT2D eigenvalue weighted by Crippen LogP contribution is 2.26. The number of aromatic amines is 1. The molecule has 3 aromatic rings. The third-order valence-electron chi connectivity index (χ3n) is 3.76. The maximum Gasteiger partial charge on any atom is 0.343 e. The number of rotatable bonds is 5. The van der Waals surface area contributed by atoms with Crippen LogP contribution in [0.2, 0.25) is 0 Å². The van der Waals surface area contributed by atoms with Crippen molar-refractivity contribution >= 4 is 49.3 Å². The first-order valence-corrected chi connectivity index (χ1v) is 9.60. The highest BCUT2D eigenvalue weighted by Gasteiger charge is 2.24. The van der Waals surface area contributed by atoms with Crippen molar-refractivity contribution in [1.82, 2.24) is 10.2 Å². The van der Waals surface area contributed by atoms with Crippen LogP contribution in [-0.2, 0) is 0 Å². The van der Waals surface area contributed by atoms with Crippen molar-refractivity contribution in [2.45, 2.75) is 6.92 Å². The minimum absolute atomic E-state index is 0.0774. The Hall–Kier alpha value is -2.78. The highest BCUT2D eigenvalue weighted by atomic mass is 79.9. The van der Waals surface area contributed by atoms with Gasteiger partial charge in [-0.2, -0.15) is 10.2 Å². The van der Waals surface area contributed by atoms with Gasteiger partial charge in [0.05, 0.1) is 11.1 Å². The zero-order valence-electron chi connectivity index (χ0n) is 14.6. The van der Waals surface area contributed by atoms with E-state index < -0.39 is 11.8 Å². The number of carbonyl (C=O) groups excluding carboxylic acids is 2. The number of aryl methyl sites for hydroxylation is 1. The fraction of sp³-hybridized carbons (Fsp3) is 0.0526. The van der Waals surface area contributed by atoms with Gasteiger partial charge in [0.25, 0.3) is 0 Å². The molecule has 0 saturated heterocycles. The summed E-state index contributed by atoms with van der Waals surface area (Å²) in [5, 5.41) is 10.3. The number of aromatic nitrogens is 2. The molecule has 0 unspecified atom stereocenters. The Balaban J connectivity index is 1.96. The molecule has 1 aromatic heterocycles. The van der Waals surface area contributed by atoms with Crippen molar-refractivity contribution in [1.29, 1.82) is 0 Å². The van der Waals surface area contributed by atoms with Crippen LogP contribution in [0.15, 0.2) is 62.6 Å². The number of hydrogen-bond acceptors (Lipinski definition) is 6. The first kappa shape index (κ1) is 20.0. The summed E-state index contributed by atoms with van der Waals surface area (Å²) in [4.78, 5) is 25.3. The Labute approximate surface area is 177 Å². The van der Waals surface area contributed by atoms with Crippen molar-refractivity contribution in [2.75, 3.05) is 0 Å². The number of ether oxygens (including phenoxy) is 1. The van der Waals surface area contributed by atoms with Crippen molar-refractivity contribution in [2.24, 2.45) is 10.9 Å². The van der Waals surface area contributed by atoms with E-state index in [0.717, 1.165) is 10.2 Å². The molecule has 0 spiro atoms. The zero-order chi connectivity index (χ0) is 20.3. The molecule has 0 amide bonds. The largest absolute Gasteiger partial charge is 0.422 e. The van der Waals surface area contributed by atoms with Gasteiger partial charge in [-0.3, -0.25) is 9.89 Å². The van der Waals surface area contributed by atoms with Gasteiger partial charge in [-0.15, -0.1) is 0 Å². The van der Waals surface area contributed by atoms with Gasteiger partial charge in [0.15, 0.2) is 0 Å². The Bertz CT molecular complexity index is 1080. The molecule has 0 saturated carbocycles. The molecule has 0 atom stereocenters. The van der Waals surface area contributed by atoms with E-state index in [2.05, 4.69) is 47.2 Å². The smallest absolute Gasteiger partial charge is 0.343 e. The number of nitrogens with zero attached hydrogens (tertiary/aromatic N) is 2. The summed E-state index contributed by atoms with van der Waals surface area (Å²) in [5.41, 5.74) is 1.43. The standard InChI is InChI=1S/C19H14Br2N4O3/c1-10-8-15(25-24-10)18(26)17(23-22)14-9-13(21)6-7-16(14)28-19(27)11-2-4-12(20)5-3-11/h2-9H,22H2,1H3,(H,24,25)/b23-17+. The van der Waals surface area contributed by atoms with E-state index >= 15 is 0 Å². The van der Waals surface area contributed by atoms with Crippen LogP contribution in [-0.4, -0.2) is 27.7 Å². The van der Waals surface area contributed by atoms with E-state index in [1.165, 1.54) is 0 Å². The molecule has 0 aliphatic rings. The minimum atomic E-state index is -0.574. The third kappa shape index (κ3) is 4.37. The molecule has 1 heterocycles. The summed E-state index contributed by atoms with van der Waals surface area (Å²) in [5.74, 6) is 4.58. The van der Waals surface area contributed by atoms with Gasteiger partial charge in [-0.1, -0.05) is 31.9 Å². The summed E-state index contributed by atoms with van der Waals surface area (Å²) in [7, 11) is 0. The second-order valence-electron chi connectivity index (χ2n) is 5.78. The average molecular weight is 506 g/mol. The molecule has 0 aliphatic carbocycles. The number of hydrogen-bond donors (Lipinski definition) is 2. The molecule has 3 N–H and O–H groups in total. The number of Topliss-reactive ketones (excluding diaryl/α,β-unsaturated/α-hetero) is 1. The molecule has 9 heteroatoms. The molecule has 3 rings (SSSR count). The molecule has 0 fully saturated rings. The second-order valence-corrected chi connectivity index (χ2v) is 7.61. The predicted molar refractivity (Wildman–Crippen MR) is 112 cm³/mol. The summed E-state index contributed by atoms with van der Waals surface area (Å²) in [6.45, 7) is 1.77. The number of nitrogens with two attached hydrogens (primary N) is 1. The quantitative estimate of drug-likeness (QED) is 0.136. The fourth-order valence-corrected chi connectivity index (χ4v) is 3.05. The summed E-state index contributed by atoms with van der Waals surface area (Å²) >= 11 is 6.66. The molecule has 28 heavy (non-hydrogen) atoms. The topological polar surface area (TPSA) is 110 Å². The van der Waals surface area contributed by atoms with Crippen LogP contribution in [0.1, 0.15) is 32.1 Å². The van der Waals surface area contributed by atoms with Gasteiger partial charge in [0, 0.05) is 14.6 Å². The normalized spacial score (nSPS) is 11.3. The van der Waals surface area contributed by atoms with Gasteiger partial charge in [-0.25, -0.2) is 4.79 Å². The third-order valence-corrected chi connectivity index (χ3v) is 4.78. The van der Waals surface area contributed by atoms with Crippen LogP contribution in [0.25, 0.3) is 0 Å². The van der Waals surface area contributed by atoms with E-state index in [4.69, 9.17) is 10.6 Å². The van der Waals surface area contributed by atoms with Crippen LogP contribution in [0.4, 0.5) is 0 Å². The van der Waals surface area contributed by atoms with Crippen LogP contribution in [0.5, 0.6) is 5.75 Å². The molecule has 142 valence electrons. The SMILES string of the molecule is Cc1cc(C(=O)/C(=N/N)c2cc(Br)ccc2OC(=O)c2ccc(Br)cc2)n[nH]1. The molecular formula is C19H14Br2N4O3. The van der Waals surface area contributed by atoms with Crippen molar-refractivity contribution in [3.63, 3.8) is 0 Å². The van der Waals surface area contributed by atoms with E-state index in [1.54, 1.807) is 55.5 Å². The Morgan fingerprint density at radius 2 is 1.75 bits per heavy atom. The van der Waals surface area contributed by atoms with Gasteiger partial charge in [0.2, 0.25) is 5.78 Å². The number of carbonyl (C=O) groups is 2. The van der Waals surface area contributed by atoms with Crippen LogP contribution >= 0.6 is 31.9 Å². The highest BCUT2D eigenvalue weighted by molar-refractivity contribution is 9.10. The number of halogens is 2.